The van der Waals surface area contributed by atoms with E-state index in [1.807, 2.05) is 0 Å². The summed E-state index contributed by atoms with van der Waals surface area (Å²) in [5, 5.41) is 6.69. The van der Waals surface area contributed by atoms with E-state index in [1.54, 1.807) is 4.90 Å². The van der Waals surface area contributed by atoms with Gasteiger partial charge in [0.25, 0.3) is 0 Å². The number of amides is 2. The quantitative estimate of drug-likeness (QED) is 0.910. The zero-order chi connectivity index (χ0) is 17.3. The molecule has 1 aromatic rings. The van der Waals surface area contributed by atoms with Crippen molar-refractivity contribution in [2.24, 2.45) is 5.92 Å². The van der Waals surface area contributed by atoms with Crippen LogP contribution in [0.4, 0.5) is 18.0 Å². The Bertz CT molecular complexity index is 578. The number of piperidine rings is 1. The third kappa shape index (κ3) is 3.84. The van der Waals surface area contributed by atoms with Crippen molar-refractivity contribution in [1.82, 2.24) is 20.0 Å². The molecule has 1 N–H and O–H groups in total. The van der Waals surface area contributed by atoms with Gasteiger partial charge in [0, 0.05) is 25.3 Å². The van der Waals surface area contributed by atoms with Crippen LogP contribution < -0.4 is 5.32 Å². The van der Waals surface area contributed by atoms with Crippen molar-refractivity contribution in [1.29, 1.82) is 0 Å². The molecule has 2 heterocycles. The van der Waals surface area contributed by atoms with E-state index in [1.165, 1.54) is 10.9 Å². The van der Waals surface area contributed by atoms with Crippen LogP contribution >= 0.6 is 0 Å². The lowest BCUT2D eigenvalue weighted by molar-refractivity contribution is -0.141. The molecule has 1 aromatic heterocycles. The van der Waals surface area contributed by atoms with Gasteiger partial charge in [0.2, 0.25) is 0 Å². The van der Waals surface area contributed by atoms with Gasteiger partial charge in [-0.2, -0.15) is 18.3 Å². The fourth-order valence-corrected chi connectivity index (χ4v) is 3.39. The van der Waals surface area contributed by atoms with E-state index in [4.69, 9.17) is 0 Å². The summed E-state index contributed by atoms with van der Waals surface area (Å²) < 4.78 is 39.2. The Balaban J connectivity index is 1.47. The number of hydrogen-bond donors (Lipinski definition) is 1. The molecular weight excluding hydrogens is 321 g/mol. The summed E-state index contributed by atoms with van der Waals surface area (Å²) >= 11 is 0. The minimum Gasteiger partial charge on any atom is -0.335 e. The second-order valence-corrected chi connectivity index (χ2v) is 6.74. The molecule has 2 aliphatic rings. The van der Waals surface area contributed by atoms with Crippen LogP contribution in [-0.2, 0) is 6.18 Å². The van der Waals surface area contributed by atoms with Crippen LogP contribution in [0.15, 0.2) is 12.3 Å². The number of aromatic nitrogens is 2. The van der Waals surface area contributed by atoms with Gasteiger partial charge in [0.15, 0.2) is 5.69 Å². The van der Waals surface area contributed by atoms with Crippen LogP contribution in [0.2, 0.25) is 0 Å². The maximum Gasteiger partial charge on any atom is 0.435 e. The molecule has 0 unspecified atom stereocenters. The number of hydrogen-bond acceptors (Lipinski definition) is 2. The number of nitrogens with one attached hydrogen (secondary N) is 1. The van der Waals surface area contributed by atoms with E-state index in [0.29, 0.717) is 37.9 Å². The molecule has 1 saturated carbocycles. The highest BCUT2D eigenvalue weighted by Crippen LogP contribution is 2.35. The molecular formula is C16H23F3N4O. The molecule has 1 aliphatic carbocycles. The van der Waals surface area contributed by atoms with Gasteiger partial charge in [-0.05, 0) is 37.7 Å². The number of nitrogens with zero attached hydrogens (tertiary/aromatic N) is 3. The molecule has 2 amide bonds. The number of rotatable bonds is 4. The Morgan fingerprint density at radius 3 is 2.67 bits per heavy atom. The largest absolute Gasteiger partial charge is 0.435 e. The van der Waals surface area contributed by atoms with Gasteiger partial charge in [-0.1, -0.05) is 13.3 Å². The van der Waals surface area contributed by atoms with Crippen molar-refractivity contribution in [2.75, 3.05) is 13.1 Å². The number of carbonyl (C=O) groups excluding carboxylic acids is 1. The highest BCUT2D eigenvalue weighted by molar-refractivity contribution is 5.75. The van der Waals surface area contributed by atoms with E-state index < -0.39 is 11.9 Å². The van der Waals surface area contributed by atoms with Gasteiger partial charge >= 0.3 is 12.2 Å². The highest BCUT2D eigenvalue weighted by atomic mass is 19.4. The number of halogens is 3. The standard InChI is InChI=1S/C16H23F3N4O/c1-2-3-11-10-13(11)20-15(24)22-7-4-12(5-8-22)23-9-6-14(21-23)16(17,18)19/h6,9,11-13H,2-5,7-8,10H2,1H3,(H,20,24)/t11-,13-/m1/s1. The smallest absolute Gasteiger partial charge is 0.335 e. The van der Waals surface area contributed by atoms with E-state index in [2.05, 4.69) is 17.3 Å². The molecule has 2 fully saturated rings. The number of urea groups is 1. The SMILES string of the molecule is CCC[C@@H]1C[C@H]1NC(=O)N1CCC(n2ccc(C(F)(F)F)n2)CC1. The molecule has 3 rings (SSSR count). The maximum absolute atomic E-state index is 12.6. The summed E-state index contributed by atoms with van der Waals surface area (Å²) in [6, 6.07) is 1.17. The van der Waals surface area contributed by atoms with Gasteiger partial charge in [0.05, 0.1) is 6.04 Å². The third-order valence-corrected chi connectivity index (χ3v) is 4.92. The lowest BCUT2D eigenvalue weighted by atomic mass is 10.1. The Labute approximate surface area is 139 Å². The topological polar surface area (TPSA) is 50.2 Å². The predicted molar refractivity (Wildman–Crippen MR) is 82.4 cm³/mol. The Morgan fingerprint density at radius 1 is 1.38 bits per heavy atom. The van der Waals surface area contributed by atoms with Crippen molar-refractivity contribution in [3.05, 3.63) is 18.0 Å². The Hall–Kier alpha value is -1.73. The minimum atomic E-state index is -4.41. The first-order valence-electron chi connectivity index (χ1n) is 8.56. The van der Waals surface area contributed by atoms with E-state index >= 15 is 0 Å². The zero-order valence-corrected chi connectivity index (χ0v) is 13.7. The van der Waals surface area contributed by atoms with E-state index in [9.17, 15) is 18.0 Å². The van der Waals surface area contributed by atoms with Crippen LogP contribution in [0, 0.1) is 5.92 Å². The zero-order valence-electron chi connectivity index (χ0n) is 13.7. The predicted octanol–water partition coefficient (Wildman–Crippen LogP) is 3.44. The van der Waals surface area contributed by atoms with Crippen molar-refractivity contribution >= 4 is 6.03 Å². The molecule has 134 valence electrons. The van der Waals surface area contributed by atoms with Gasteiger partial charge in [-0.15, -0.1) is 0 Å². The number of carbonyl (C=O) groups is 1. The summed E-state index contributed by atoms with van der Waals surface area (Å²) in [5.74, 6) is 0.612. The van der Waals surface area contributed by atoms with Crippen molar-refractivity contribution < 1.29 is 18.0 Å². The van der Waals surface area contributed by atoms with Gasteiger partial charge < -0.3 is 10.2 Å². The first kappa shape index (κ1) is 17.1. The molecule has 24 heavy (non-hydrogen) atoms. The molecule has 0 bridgehead atoms. The second kappa shape index (κ2) is 6.64. The van der Waals surface area contributed by atoms with Gasteiger partial charge in [-0.3, -0.25) is 4.68 Å². The Morgan fingerprint density at radius 2 is 2.08 bits per heavy atom. The molecule has 5 nitrogen and oxygen atoms in total. The molecule has 0 spiro atoms. The monoisotopic (exact) mass is 344 g/mol. The van der Waals surface area contributed by atoms with Crippen LogP contribution in [0.5, 0.6) is 0 Å². The summed E-state index contributed by atoms with van der Waals surface area (Å²) in [6.45, 7) is 3.23. The lowest BCUT2D eigenvalue weighted by Gasteiger charge is -2.32. The maximum atomic E-state index is 12.6. The van der Waals surface area contributed by atoms with Gasteiger partial charge in [0.1, 0.15) is 0 Å². The van der Waals surface area contributed by atoms with Gasteiger partial charge in [-0.25, -0.2) is 4.79 Å². The van der Waals surface area contributed by atoms with Crippen molar-refractivity contribution in [3.63, 3.8) is 0 Å². The number of alkyl halides is 3. The minimum absolute atomic E-state index is 0.0477. The first-order chi connectivity index (χ1) is 11.4. The molecule has 8 heteroatoms. The molecule has 0 aromatic carbocycles. The fraction of sp³-hybridized carbons (Fsp3) is 0.750. The molecule has 0 radical (unpaired) electrons. The van der Waals surface area contributed by atoms with Crippen LogP contribution in [-0.4, -0.2) is 39.8 Å². The van der Waals surface area contributed by atoms with Crippen LogP contribution in [0.25, 0.3) is 0 Å². The van der Waals surface area contributed by atoms with E-state index in [0.717, 1.165) is 25.3 Å². The molecule has 1 saturated heterocycles. The average Bonchev–Trinajstić information content (AvgIpc) is 3.07. The summed E-state index contributed by atoms with van der Waals surface area (Å²) in [6.07, 6.45) is 1.54. The van der Waals surface area contributed by atoms with Crippen molar-refractivity contribution in [3.8, 4) is 0 Å². The van der Waals surface area contributed by atoms with Crippen LogP contribution in [0.1, 0.15) is 50.8 Å². The Kier molecular flexibility index (Phi) is 4.73. The lowest BCUT2D eigenvalue weighted by Crippen LogP contribution is -2.45. The first-order valence-corrected chi connectivity index (χ1v) is 8.56. The molecule has 2 atom stereocenters. The summed E-state index contributed by atoms with van der Waals surface area (Å²) in [4.78, 5) is 14.0. The fourth-order valence-electron chi connectivity index (χ4n) is 3.39. The highest BCUT2D eigenvalue weighted by Gasteiger charge is 2.38. The summed E-state index contributed by atoms with van der Waals surface area (Å²) in [7, 11) is 0. The number of likely N-dealkylation sites (tertiary alicyclic amines) is 1. The van der Waals surface area contributed by atoms with Crippen molar-refractivity contribution in [2.45, 2.75) is 57.3 Å². The normalized spacial score (nSPS) is 24.9. The molecule has 1 aliphatic heterocycles. The average molecular weight is 344 g/mol. The second-order valence-electron chi connectivity index (χ2n) is 6.74. The van der Waals surface area contributed by atoms with Crippen LogP contribution in [0.3, 0.4) is 0 Å². The summed E-state index contributed by atoms with van der Waals surface area (Å²) in [5.41, 5.74) is -0.863. The van der Waals surface area contributed by atoms with E-state index in [-0.39, 0.29) is 12.1 Å². The third-order valence-electron chi connectivity index (χ3n) is 4.92.